The molecular weight excluding hydrogens is 223 g/mol. The molecule has 1 fully saturated rings. The molecule has 0 aromatic rings. The van der Waals surface area contributed by atoms with E-state index in [0.717, 1.165) is 12.2 Å². The highest BCUT2D eigenvalue weighted by atomic mass is 16.7. The summed E-state index contributed by atoms with van der Waals surface area (Å²) in [5.74, 6) is 1.36. The smallest absolute Gasteiger partial charge is 0.403 e. The first kappa shape index (κ1) is 15.8. The Kier molecular flexibility index (Phi) is 5.08. The van der Waals surface area contributed by atoms with Crippen LogP contribution < -0.4 is 0 Å². The summed E-state index contributed by atoms with van der Waals surface area (Å²) in [5, 5.41) is 0. The average Bonchev–Trinajstić information content (AvgIpc) is 2.46. The fourth-order valence-corrected chi connectivity index (χ4v) is 2.03. The van der Waals surface area contributed by atoms with Crippen LogP contribution in [0.3, 0.4) is 0 Å². The highest BCUT2D eigenvalue weighted by Gasteiger charge is 2.50. The highest BCUT2D eigenvalue weighted by molar-refractivity contribution is 6.46. The van der Waals surface area contributed by atoms with Gasteiger partial charge in [-0.15, -0.1) is 0 Å². The molecule has 0 aromatic carbocycles. The molecule has 1 rings (SSSR count). The van der Waals surface area contributed by atoms with Crippen LogP contribution in [0.5, 0.6) is 0 Å². The van der Waals surface area contributed by atoms with E-state index in [1.54, 1.807) is 0 Å². The van der Waals surface area contributed by atoms with Gasteiger partial charge in [-0.2, -0.15) is 0 Å². The van der Waals surface area contributed by atoms with E-state index in [4.69, 9.17) is 9.31 Å². The largest absolute Gasteiger partial charge is 0.461 e. The van der Waals surface area contributed by atoms with Gasteiger partial charge >= 0.3 is 7.12 Å². The Balaban J connectivity index is 2.45. The van der Waals surface area contributed by atoms with Crippen LogP contribution in [0, 0.1) is 11.8 Å². The summed E-state index contributed by atoms with van der Waals surface area (Å²) in [6.07, 6.45) is 6.56. The quantitative estimate of drug-likeness (QED) is 0.536. The summed E-state index contributed by atoms with van der Waals surface area (Å²) in [4.78, 5) is 0. The molecule has 0 saturated carbocycles. The zero-order valence-corrected chi connectivity index (χ0v) is 13.1. The summed E-state index contributed by atoms with van der Waals surface area (Å²) < 4.78 is 11.9. The molecule has 1 aliphatic heterocycles. The Labute approximate surface area is 113 Å². The van der Waals surface area contributed by atoms with Crippen LogP contribution in [0.15, 0.2) is 12.2 Å². The molecular formula is C15H29BO2. The van der Waals surface area contributed by atoms with Gasteiger partial charge in [-0.25, -0.2) is 0 Å². The number of hydrogen-bond donors (Lipinski definition) is 0. The Bertz CT molecular complexity index is 281. The first-order valence-corrected chi connectivity index (χ1v) is 7.22. The van der Waals surface area contributed by atoms with Gasteiger partial charge in [0.25, 0.3) is 0 Å². The molecule has 0 amide bonds. The summed E-state index contributed by atoms with van der Waals surface area (Å²) in [6.45, 7) is 15.2. The second-order valence-electron chi connectivity index (χ2n) is 6.59. The minimum Gasteiger partial charge on any atom is -0.403 e. The van der Waals surface area contributed by atoms with Crippen molar-refractivity contribution in [1.82, 2.24) is 0 Å². The number of hydrogen-bond acceptors (Lipinski definition) is 2. The van der Waals surface area contributed by atoms with Gasteiger partial charge in [0.15, 0.2) is 0 Å². The molecule has 1 heterocycles. The molecule has 0 spiro atoms. The Hall–Kier alpha value is -0.275. The van der Waals surface area contributed by atoms with Crippen molar-refractivity contribution in [3.63, 3.8) is 0 Å². The van der Waals surface area contributed by atoms with E-state index in [-0.39, 0.29) is 18.3 Å². The van der Waals surface area contributed by atoms with Crippen molar-refractivity contribution in [2.45, 2.75) is 72.4 Å². The van der Waals surface area contributed by atoms with E-state index in [0.29, 0.717) is 5.92 Å². The molecule has 0 N–H and O–H groups in total. The Morgan fingerprint density at radius 3 is 2.00 bits per heavy atom. The number of allylic oxidation sites excluding steroid dienone is 2. The molecule has 3 heteroatoms. The molecule has 2 nitrogen and oxygen atoms in total. The van der Waals surface area contributed by atoms with Gasteiger partial charge in [0.2, 0.25) is 0 Å². The molecule has 2 unspecified atom stereocenters. The van der Waals surface area contributed by atoms with Crippen molar-refractivity contribution in [2.24, 2.45) is 11.8 Å². The van der Waals surface area contributed by atoms with Gasteiger partial charge in [0.05, 0.1) is 11.2 Å². The van der Waals surface area contributed by atoms with E-state index in [9.17, 15) is 0 Å². The van der Waals surface area contributed by atoms with Gasteiger partial charge in [-0.05, 0) is 39.5 Å². The fraction of sp³-hybridized carbons (Fsp3) is 0.867. The van der Waals surface area contributed by atoms with Crippen molar-refractivity contribution < 1.29 is 9.31 Å². The summed E-state index contributed by atoms with van der Waals surface area (Å²) in [6, 6.07) is 0. The highest BCUT2D eigenvalue weighted by Crippen LogP contribution is 2.37. The standard InChI is InChI=1S/C15H29BO2/c1-8-12(2)13(3)10-9-11-16-17-14(4,5)15(6,7)18-16/h9-10,12-13H,8,11H2,1-7H3/b10-9+. The molecule has 0 aromatic heterocycles. The minimum atomic E-state index is -0.214. The molecule has 0 bridgehead atoms. The fourth-order valence-electron chi connectivity index (χ4n) is 2.03. The van der Waals surface area contributed by atoms with Crippen LogP contribution in [0.1, 0.15) is 54.9 Å². The maximum absolute atomic E-state index is 5.96. The molecule has 0 radical (unpaired) electrons. The second-order valence-corrected chi connectivity index (χ2v) is 6.59. The minimum absolute atomic E-state index is 0.101. The van der Waals surface area contributed by atoms with Crippen LogP contribution in [-0.4, -0.2) is 18.3 Å². The summed E-state index contributed by atoms with van der Waals surface area (Å²) >= 11 is 0. The van der Waals surface area contributed by atoms with Gasteiger partial charge in [0.1, 0.15) is 0 Å². The monoisotopic (exact) mass is 252 g/mol. The van der Waals surface area contributed by atoms with Crippen LogP contribution in [0.2, 0.25) is 6.32 Å². The topological polar surface area (TPSA) is 18.5 Å². The third kappa shape index (κ3) is 3.61. The van der Waals surface area contributed by atoms with Crippen molar-refractivity contribution >= 4 is 7.12 Å². The number of rotatable bonds is 5. The van der Waals surface area contributed by atoms with Gasteiger partial charge < -0.3 is 9.31 Å². The predicted octanol–water partition coefficient (Wildman–Crippen LogP) is 4.32. The van der Waals surface area contributed by atoms with Crippen molar-refractivity contribution in [3.8, 4) is 0 Å². The van der Waals surface area contributed by atoms with E-state index < -0.39 is 0 Å². The first-order chi connectivity index (χ1) is 8.19. The molecule has 1 saturated heterocycles. The lowest BCUT2D eigenvalue weighted by molar-refractivity contribution is 0.00578. The van der Waals surface area contributed by atoms with E-state index in [1.807, 2.05) is 0 Å². The van der Waals surface area contributed by atoms with Crippen LogP contribution in [-0.2, 0) is 9.31 Å². The molecule has 1 aliphatic rings. The lowest BCUT2D eigenvalue weighted by atomic mass is 9.83. The van der Waals surface area contributed by atoms with E-state index >= 15 is 0 Å². The molecule has 2 atom stereocenters. The first-order valence-electron chi connectivity index (χ1n) is 7.22. The third-order valence-electron chi connectivity index (χ3n) is 4.61. The molecule has 0 aliphatic carbocycles. The average molecular weight is 252 g/mol. The summed E-state index contributed by atoms with van der Waals surface area (Å²) in [5.41, 5.74) is -0.429. The van der Waals surface area contributed by atoms with Crippen molar-refractivity contribution in [2.75, 3.05) is 0 Å². The maximum Gasteiger partial charge on any atom is 0.461 e. The van der Waals surface area contributed by atoms with Gasteiger partial charge in [-0.1, -0.05) is 39.3 Å². The molecule has 104 valence electrons. The second kappa shape index (κ2) is 5.79. The van der Waals surface area contributed by atoms with Crippen LogP contribution in [0.4, 0.5) is 0 Å². The third-order valence-corrected chi connectivity index (χ3v) is 4.61. The molecule has 18 heavy (non-hydrogen) atoms. The normalized spacial score (nSPS) is 25.6. The van der Waals surface area contributed by atoms with E-state index in [2.05, 4.69) is 60.6 Å². The SMILES string of the molecule is CCC(C)C(C)/C=C/CB1OC(C)(C)C(C)(C)O1. The predicted molar refractivity (Wildman–Crippen MR) is 78.6 cm³/mol. The van der Waals surface area contributed by atoms with Crippen LogP contribution in [0.25, 0.3) is 0 Å². The van der Waals surface area contributed by atoms with Crippen molar-refractivity contribution in [3.05, 3.63) is 12.2 Å². The Morgan fingerprint density at radius 1 is 1.06 bits per heavy atom. The van der Waals surface area contributed by atoms with Gasteiger partial charge in [-0.3, -0.25) is 0 Å². The summed E-state index contributed by atoms with van der Waals surface area (Å²) in [7, 11) is -0.101. The van der Waals surface area contributed by atoms with Crippen molar-refractivity contribution in [1.29, 1.82) is 0 Å². The zero-order chi connectivity index (χ0) is 14.0. The Morgan fingerprint density at radius 2 is 1.56 bits per heavy atom. The zero-order valence-electron chi connectivity index (χ0n) is 13.1. The van der Waals surface area contributed by atoms with E-state index in [1.165, 1.54) is 6.42 Å². The van der Waals surface area contributed by atoms with Gasteiger partial charge in [0, 0.05) is 6.32 Å². The maximum atomic E-state index is 5.96. The lowest BCUT2D eigenvalue weighted by Gasteiger charge is -2.32. The van der Waals surface area contributed by atoms with Crippen LogP contribution >= 0.6 is 0 Å². The lowest BCUT2D eigenvalue weighted by Crippen LogP contribution is -2.41.